The third-order valence-corrected chi connectivity index (χ3v) is 3.12. The summed E-state index contributed by atoms with van der Waals surface area (Å²) in [5, 5.41) is 9.02. The highest BCUT2D eigenvalue weighted by molar-refractivity contribution is 6.33. The SMILES string of the molecule is Cc1ccc2oc(-c3cc(Cl)nnc3Cl)cc2c1. The van der Waals surface area contributed by atoms with Gasteiger partial charge in [-0.2, -0.15) is 0 Å². The Morgan fingerprint density at radius 2 is 1.89 bits per heavy atom. The predicted octanol–water partition coefficient (Wildman–Crippen LogP) is 4.51. The van der Waals surface area contributed by atoms with E-state index in [-0.39, 0.29) is 10.3 Å². The van der Waals surface area contributed by atoms with Crippen molar-refractivity contribution < 1.29 is 4.42 Å². The maximum atomic E-state index is 6.00. The summed E-state index contributed by atoms with van der Waals surface area (Å²) in [4.78, 5) is 0. The number of hydrogen-bond donors (Lipinski definition) is 0. The number of nitrogens with zero attached hydrogens (tertiary/aromatic N) is 2. The number of fused-ring (bicyclic) bond motifs is 1. The van der Waals surface area contributed by atoms with Crippen LogP contribution >= 0.6 is 23.2 Å². The number of benzene rings is 1. The van der Waals surface area contributed by atoms with Gasteiger partial charge in [0.25, 0.3) is 0 Å². The van der Waals surface area contributed by atoms with Gasteiger partial charge in [-0.05, 0) is 31.2 Å². The Hall–Kier alpha value is -1.58. The van der Waals surface area contributed by atoms with Crippen molar-refractivity contribution in [2.75, 3.05) is 0 Å². The minimum atomic E-state index is 0.273. The van der Waals surface area contributed by atoms with Gasteiger partial charge in [0, 0.05) is 5.39 Å². The Morgan fingerprint density at radius 3 is 2.72 bits per heavy atom. The molecule has 0 aliphatic carbocycles. The van der Waals surface area contributed by atoms with Crippen molar-refractivity contribution in [2.45, 2.75) is 6.92 Å². The van der Waals surface area contributed by atoms with E-state index in [0.717, 1.165) is 11.0 Å². The van der Waals surface area contributed by atoms with E-state index in [9.17, 15) is 0 Å². The summed E-state index contributed by atoms with van der Waals surface area (Å²) in [5.41, 5.74) is 2.62. The molecule has 0 saturated heterocycles. The minimum Gasteiger partial charge on any atom is -0.456 e. The molecule has 0 spiro atoms. The first-order valence-corrected chi connectivity index (χ1v) is 6.08. The second-order valence-corrected chi connectivity index (χ2v) is 4.77. The maximum absolute atomic E-state index is 6.00. The van der Waals surface area contributed by atoms with Gasteiger partial charge in [-0.1, -0.05) is 34.8 Å². The Bertz CT molecular complexity index is 737. The van der Waals surface area contributed by atoms with E-state index in [2.05, 4.69) is 10.2 Å². The fourth-order valence-corrected chi connectivity index (χ4v) is 2.15. The van der Waals surface area contributed by atoms with E-state index in [4.69, 9.17) is 27.6 Å². The summed E-state index contributed by atoms with van der Waals surface area (Å²) in [6, 6.07) is 9.53. The van der Waals surface area contributed by atoms with Crippen molar-refractivity contribution in [1.29, 1.82) is 0 Å². The number of aryl methyl sites for hydroxylation is 1. The molecule has 0 aliphatic heterocycles. The molecule has 0 aliphatic rings. The van der Waals surface area contributed by atoms with Crippen LogP contribution in [-0.4, -0.2) is 10.2 Å². The number of hydrogen-bond acceptors (Lipinski definition) is 3. The summed E-state index contributed by atoms with van der Waals surface area (Å²) >= 11 is 11.8. The van der Waals surface area contributed by atoms with Gasteiger partial charge < -0.3 is 4.42 Å². The highest BCUT2D eigenvalue weighted by Gasteiger charge is 2.12. The van der Waals surface area contributed by atoms with Crippen molar-refractivity contribution in [3.05, 3.63) is 46.2 Å². The van der Waals surface area contributed by atoms with Gasteiger partial charge in [0.2, 0.25) is 0 Å². The molecular formula is C13H8Cl2N2O. The summed E-state index contributed by atoms with van der Waals surface area (Å²) in [7, 11) is 0. The van der Waals surface area contributed by atoms with Crippen LogP contribution in [0.25, 0.3) is 22.3 Å². The lowest BCUT2D eigenvalue weighted by Crippen LogP contribution is -1.86. The molecular weight excluding hydrogens is 271 g/mol. The Morgan fingerprint density at radius 1 is 1.06 bits per heavy atom. The molecule has 0 atom stereocenters. The molecule has 0 amide bonds. The Labute approximate surface area is 113 Å². The molecule has 0 radical (unpaired) electrons. The molecule has 2 aromatic heterocycles. The van der Waals surface area contributed by atoms with Crippen LogP contribution in [0.15, 0.2) is 34.7 Å². The van der Waals surface area contributed by atoms with Crippen LogP contribution in [0.4, 0.5) is 0 Å². The van der Waals surface area contributed by atoms with Gasteiger partial charge in [0.05, 0.1) is 5.56 Å². The van der Waals surface area contributed by atoms with E-state index in [0.29, 0.717) is 11.3 Å². The monoisotopic (exact) mass is 278 g/mol. The van der Waals surface area contributed by atoms with Crippen molar-refractivity contribution in [3.63, 3.8) is 0 Å². The molecule has 3 rings (SSSR count). The summed E-state index contributed by atoms with van der Waals surface area (Å²) in [6.07, 6.45) is 0. The summed E-state index contributed by atoms with van der Waals surface area (Å²) in [6.45, 7) is 2.03. The fourth-order valence-electron chi connectivity index (χ4n) is 1.82. The highest BCUT2D eigenvalue weighted by atomic mass is 35.5. The molecule has 0 N–H and O–H groups in total. The Balaban J connectivity index is 2.22. The molecule has 0 bridgehead atoms. The van der Waals surface area contributed by atoms with Crippen molar-refractivity contribution in [1.82, 2.24) is 10.2 Å². The van der Waals surface area contributed by atoms with Crippen LogP contribution in [-0.2, 0) is 0 Å². The van der Waals surface area contributed by atoms with Crippen LogP contribution in [0, 0.1) is 6.92 Å². The molecule has 5 heteroatoms. The molecule has 2 heterocycles. The number of halogens is 2. The molecule has 0 saturated carbocycles. The van der Waals surface area contributed by atoms with Crippen molar-refractivity contribution in [2.24, 2.45) is 0 Å². The summed E-state index contributed by atoms with van der Waals surface area (Å²) in [5.74, 6) is 0.636. The topological polar surface area (TPSA) is 38.9 Å². The van der Waals surface area contributed by atoms with Gasteiger partial charge in [-0.15, -0.1) is 10.2 Å². The van der Waals surface area contributed by atoms with E-state index in [1.807, 2.05) is 31.2 Å². The Kier molecular flexibility index (Phi) is 2.73. The molecule has 0 unspecified atom stereocenters. The normalized spacial score (nSPS) is 11.1. The van der Waals surface area contributed by atoms with Gasteiger partial charge in [0.1, 0.15) is 11.3 Å². The van der Waals surface area contributed by atoms with Crippen LogP contribution in [0.1, 0.15) is 5.56 Å². The van der Waals surface area contributed by atoms with Crippen LogP contribution in [0.2, 0.25) is 10.3 Å². The van der Waals surface area contributed by atoms with E-state index >= 15 is 0 Å². The fraction of sp³-hybridized carbons (Fsp3) is 0.0769. The zero-order chi connectivity index (χ0) is 12.7. The lowest BCUT2D eigenvalue weighted by Gasteiger charge is -1.98. The third kappa shape index (κ3) is 1.96. The average Bonchev–Trinajstić information content (AvgIpc) is 2.74. The standard InChI is InChI=1S/C13H8Cl2N2O/c1-7-2-3-10-8(4-7)5-11(18-10)9-6-12(14)16-17-13(9)15/h2-6H,1H3. The van der Waals surface area contributed by atoms with Crippen LogP contribution in [0.3, 0.4) is 0 Å². The van der Waals surface area contributed by atoms with E-state index < -0.39 is 0 Å². The first-order chi connectivity index (χ1) is 8.63. The number of rotatable bonds is 1. The molecule has 3 aromatic rings. The first kappa shape index (κ1) is 11.5. The van der Waals surface area contributed by atoms with Gasteiger partial charge >= 0.3 is 0 Å². The highest BCUT2D eigenvalue weighted by Crippen LogP contribution is 2.32. The number of furan rings is 1. The van der Waals surface area contributed by atoms with E-state index in [1.165, 1.54) is 5.56 Å². The largest absolute Gasteiger partial charge is 0.456 e. The van der Waals surface area contributed by atoms with Crippen molar-refractivity contribution >= 4 is 34.2 Å². The maximum Gasteiger partial charge on any atom is 0.162 e. The second-order valence-electron chi connectivity index (χ2n) is 4.02. The average molecular weight is 279 g/mol. The minimum absolute atomic E-state index is 0.273. The van der Waals surface area contributed by atoms with Crippen LogP contribution < -0.4 is 0 Å². The van der Waals surface area contributed by atoms with Crippen molar-refractivity contribution in [3.8, 4) is 11.3 Å². The smallest absolute Gasteiger partial charge is 0.162 e. The lowest BCUT2D eigenvalue weighted by molar-refractivity contribution is 0.631. The predicted molar refractivity (Wildman–Crippen MR) is 72.0 cm³/mol. The second kappa shape index (κ2) is 4.26. The van der Waals surface area contributed by atoms with Gasteiger partial charge in [0.15, 0.2) is 10.3 Å². The number of aromatic nitrogens is 2. The molecule has 18 heavy (non-hydrogen) atoms. The van der Waals surface area contributed by atoms with Crippen LogP contribution in [0.5, 0.6) is 0 Å². The quantitative estimate of drug-likeness (QED) is 0.658. The first-order valence-electron chi connectivity index (χ1n) is 5.33. The van der Waals surface area contributed by atoms with Gasteiger partial charge in [-0.25, -0.2) is 0 Å². The summed E-state index contributed by atoms with van der Waals surface area (Å²) < 4.78 is 5.73. The zero-order valence-corrected chi connectivity index (χ0v) is 11.0. The molecule has 3 nitrogen and oxygen atoms in total. The molecule has 0 fully saturated rings. The lowest BCUT2D eigenvalue weighted by atomic mass is 10.1. The third-order valence-electron chi connectivity index (χ3n) is 2.66. The van der Waals surface area contributed by atoms with Gasteiger partial charge in [-0.3, -0.25) is 0 Å². The molecule has 1 aromatic carbocycles. The zero-order valence-electron chi connectivity index (χ0n) is 9.45. The van der Waals surface area contributed by atoms with E-state index in [1.54, 1.807) is 6.07 Å². The molecule has 90 valence electrons.